The Morgan fingerprint density at radius 2 is 1.62 bits per heavy atom. The number of halogens is 7. The zero-order valence-corrected chi connectivity index (χ0v) is 22.9. The van der Waals surface area contributed by atoms with Gasteiger partial charge in [-0.25, -0.2) is 13.2 Å². The first-order valence-corrected chi connectivity index (χ1v) is 14.6. The van der Waals surface area contributed by atoms with Crippen molar-refractivity contribution in [3.05, 3.63) is 59.1 Å². The van der Waals surface area contributed by atoms with E-state index in [2.05, 4.69) is 16.4 Å². The predicted molar refractivity (Wildman–Crippen MR) is 139 cm³/mol. The Morgan fingerprint density at radius 1 is 0.975 bits per heavy atom. The van der Waals surface area contributed by atoms with Crippen LogP contribution in [0.3, 0.4) is 0 Å². The van der Waals surface area contributed by atoms with Gasteiger partial charge in [-0.3, -0.25) is 4.74 Å². The highest BCUT2D eigenvalue weighted by molar-refractivity contribution is 5.31. The van der Waals surface area contributed by atoms with Crippen molar-refractivity contribution >= 4 is 0 Å². The van der Waals surface area contributed by atoms with E-state index in [0.29, 0.717) is 17.6 Å². The van der Waals surface area contributed by atoms with Gasteiger partial charge in [0.1, 0.15) is 11.6 Å². The molecule has 0 saturated heterocycles. The summed E-state index contributed by atoms with van der Waals surface area (Å²) in [6.07, 6.45) is 8.31. The summed E-state index contributed by atoms with van der Waals surface area (Å²) in [7, 11) is 0. The molecule has 0 spiro atoms. The minimum absolute atomic E-state index is 0.0866. The molecule has 40 heavy (non-hydrogen) atoms. The van der Waals surface area contributed by atoms with E-state index in [4.69, 9.17) is 0 Å². The third-order valence-electron chi connectivity index (χ3n) is 9.00. The molecule has 0 N–H and O–H groups in total. The van der Waals surface area contributed by atoms with Crippen LogP contribution in [0.2, 0.25) is 0 Å². The average Bonchev–Trinajstić information content (AvgIpc) is 2.91. The fraction of sp³-hybridized carbons (Fsp3) is 0.677. The predicted octanol–water partition coefficient (Wildman–Crippen LogP) is 10.2. The quantitative estimate of drug-likeness (QED) is 0.193. The molecule has 0 heterocycles. The second-order valence-electron chi connectivity index (χ2n) is 11.6. The summed E-state index contributed by atoms with van der Waals surface area (Å²) in [5.74, 6) is -3.15. The molecule has 2 nitrogen and oxygen atoms in total. The SMILES string of the molecule is CCCCCC1CCC(C2CCC(c3ccc(C(F)(F)OC4=CC(F)C(F)(OC(F)F)C=C4)c(F)c3)CC2)CC1. The van der Waals surface area contributed by atoms with Crippen LogP contribution in [0.25, 0.3) is 0 Å². The van der Waals surface area contributed by atoms with Crippen molar-refractivity contribution in [1.82, 2.24) is 0 Å². The highest BCUT2D eigenvalue weighted by atomic mass is 19.3. The summed E-state index contributed by atoms with van der Waals surface area (Å²) in [5.41, 5.74) is -0.395. The van der Waals surface area contributed by atoms with Gasteiger partial charge in [-0.15, -0.1) is 0 Å². The number of alkyl halides is 6. The van der Waals surface area contributed by atoms with E-state index in [1.165, 1.54) is 57.4 Å². The van der Waals surface area contributed by atoms with Gasteiger partial charge >= 0.3 is 12.7 Å². The number of benzene rings is 1. The lowest BCUT2D eigenvalue weighted by Gasteiger charge is -2.38. The average molecular weight is 577 g/mol. The van der Waals surface area contributed by atoms with E-state index in [1.807, 2.05) is 0 Å². The minimum atomic E-state index is -4.20. The normalized spacial score (nSPS) is 31.3. The largest absolute Gasteiger partial charge is 0.429 e. The first-order valence-electron chi connectivity index (χ1n) is 14.6. The van der Waals surface area contributed by atoms with Crippen molar-refractivity contribution in [1.29, 1.82) is 0 Å². The highest BCUT2D eigenvalue weighted by Crippen LogP contribution is 2.45. The van der Waals surface area contributed by atoms with E-state index in [9.17, 15) is 30.7 Å². The molecule has 3 aliphatic rings. The van der Waals surface area contributed by atoms with Gasteiger partial charge in [0.05, 0.1) is 5.56 Å². The first kappa shape index (κ1) is 30.9. The lowest BCUT2D eigenvalue weighted by Crippen LogP contribution is -2.38. The van der Waals surface area contributed by atoms with Crippen LogP contribution in [-0.4, -0.2) is 18.6 Å². The number of unbranched alkanes of at least 4 members (excludes halogenated alkanes) is 2. The van der Waals surface area contributed by atoms with Crippen LogP contribution >= 0.6 is 0 Å². The molecule has 0 bridgehead atoms. The monoisotopic (exact) mass is 576 g/mol. The maximum Gasteiger partial charge on any atom is 0.429 e. The molecule has 3 aliphatic carbocycles. The number of hydrogen-bond donors (Lipinski definition) is 0. The van der Waals surface area contributed by atoms with Gasteiger partial charge in [-0.2, -0.15) is 17.6 Å². The molecular formula is C31H39F7O2. The van der Waals surface area contributed by atoms with Crippen molar-refractivity contribution in [3.8, 4) is 0 Å². The van der Waals surface area contributed by atoms with Crippen molar-refractivity contribution in [3.63, 3.8) is 0 Å². The molecule has 0 aromatic heterocycles. The summed E-state index contributed by atoms with van der Waals surface area (Å²) < 4.78 is 105. The molecule has 2 fully saturated rings. The number of hydrogen-bond acceptors (Lipinski definition) is 2. The first-order chi connectivity index (χ1) is 19.0. The van der Waals surface area contributed by atoms with Crippen LogP contribution in [0.5, 0.6) is 0 Å². The molecule has 2 unspecified atom stereocenters. The highest BCUT2D eigenvalue weighted by Gasteiger charge is 2.45. The molecule has 4 rings (SSSR count). The van der Waals surface area contributed by atoms with Crippen molar-refractivity contribution < 1.29 is 40.2 Å². The molecular weight excluding hydrogens is 537 g/mol. The lowest BCUT2D eigenvalue weighted by molar-refractivity contribution is -0.257. The number of rotatable bonds is 11. The van der Waals surface area contributed by atoms with E-state index in [1.54, 1.807) is 0 Å². The Morgan fingerprint density at radius 3 is 2.20 bits per heavy atom. The van der Waals surface area contributed by atoms with E-state index in [0.717, 1.165) is 49.7 Å². The second-order valence-corrected chi connectivity index (χ2v) is 11.6. The van der Waals surface area contributed by atoms with E-state index < -0.39 is 41.9 Å². The van der Waals surface area contributed by atoms with Gasteiger partial charge in [0.15, 0.2) is 6.17 Å². The molecule has 2 atom stereocenters. The van der Waals surface area contributed by atoms with Gasteiger partial charge in [0.25, 0.3) is 5.85 Å². The van der Waals surface area contributed by atoms with E-state index in [-0.39, 0.29) is 18.1 Å². The summed E-state index contributed by atoms with van der Waals surface area (Å²) in [6.45, 7) is -1.39. The Labute approximate surface area is 232 Å². The fourth-order valence-electron chi connectivity index (χ4n) is 6.69. The molecule has 2 saturated carbocycles. The molecule has 224 valence electrons. The maximum absolute atomic E-state index is 14.9. The summed E-state index contributed by atoms with van der Waals surface area (Å²) >= 11 is 0. The summed E-state index contributed by atoms with van der Waals surface area (Å²) in [5, 5.41) is 0. The van der Waals surface area contributed by atoms with Crippen LogP contribution in [0.1, 0.15) is 101 Å². The molecule has 1 aromatic carbocycles. The van der Waals surface area contributed by atoms with Crippen molar-refractivity contribution in [2.24, 2.45) is 17.8 Å². The number of allylic oxidation sites excluding steroid dienone is 1. The van der Waals surface area contributed by atoms with Gasteiger partial charge in [-0.1, -0.05) is 51.5 Å². The van der Waals surface area contributed by atoms with Crippen molar-refractivity contribution in [2.45, 2.75) is 115 Å². The summed E-state index contributed by atoms with van der Waals surface area (Å²) in [4.78, 5) is 0. The van der Waals surface area contributed by atoms with Crippen LogP contribution in [-0.2, 0) is 15.6 Å². The molecule has 0 radical (unpaired) electrons. The van der Waals surface area contributed by atoms with E-state index >= 15 is 0 Å². The Kier molecular flexibility index (Phi) is 10.3. The second kappa shape index (κ2) is 13.3. The zero-order chi connectivity index (χ0) is 28.9. The third kappa shape index (κ3) is 7.62. The van der Waals surface area contributed by atoms with Gasteiger partial charge < -0.3 is 4.74 Å². The van der Waals surface area contributed by atoms with Crippen molar-refractivity contribution in [2.75, 3.05) is 0 Å². The molecule has 9 heteroatoms. The van der Waals surface area contributed by atoms with Crippen LogP contribution in [0.4, 0.5) is 30.7 Å². The standard InChI is InChI=1S/C31H39F7O2/c1-2-3-4-5-20-6-8-21(9-7-20)22-10-12-23(13-11-22)24-14-15-26(27(32)18-24)31(37,38)39-25-16-17-30(36,28(33)19-25)40-29(34)35/h14-23,28-29H,2-13H2,1H3. The smallest absolute Gasteiger partial charge is 0.429 e. The van der Waals surface area contributed by atoms with Crippen LogP contribution in [0, 0.1) is 23.6 Å². The third-order valence-corrected chi connectivity index (χ3v) is 9.00. The molecule has 1 aromatic rings. The maximum atomic E-state index is 14.9. The minimum Gasteiger partial charge on any atom is -0.429 e. The van der Waals surface area contributed by atoms with Crippen LogP contribution in [0.15, 0.2) is 42.2 Å². The fourth-order valence-corrected chi connectivity index (χ4v) is 6.69. The molecule has 0 aliphatic heterocycles. The van der Waals surface area contributed by atoms with Gasteiger partial charge in [0.2, 0.25) is 0 Å². The Hall–Kier alpha value is -2.03. The Balaban J connectivity index is 1.30. The Bertz CT molecular complexity index is 1030. The van der Waals surface area contributed by atoms with Gasteiger partial charge in [0, 0.05) is 0 Å². The lowest BCUT2D eigenvalue weighted by atomic mass is 9.68. The topological polar surface area (TPSA) is 18.5 Å². The zero-order valence-electron chi connectivity index (χ0n) is 22.9. The van der Waals surface area contributed by atoms with Gasteiger partial charge in [-0.05, 0) is 98.1 Å². The van der Waals surface area contributed by atoms with Crippen LogP contribution < -0.4 is 0 Å². The summed E-state index contributed by atoms with van der Waals surface area (Å²) in [6, 6.07) is 3.52. The molecule has 0 amide bonds. The number of ether oxygens (including phenoxy) is 2.